The van der Waals surface area contributed by atoms with E-state index in [1.165, 1.54) is 10.7 Å². The van der Waals surface area contributed by atoms with Gasteiger partial charge in [0.2, 0.25) is 0 Å². The summed E-state index contributed by atoms with van der Waals surface area (Å²) in [7, 11) is 0. The quantitative estimate of drug-likeness (QED) is 0.794. The zero-order valence-corrected chi connectivity index (χ0v) is 15.9. The summed E-state index contributed by atoms with van der Waals surface area (Å²) >= 11 is 0. The highest BCUT2D eigenvalue weighted by atomic mass is 19.1. The van der Waals surface area contributed by atoms with Gasteiger partial charge >= 0.3 is 0 Å². The first-order valence-electron chi connectivity index (χ1n) is 9.47. The monoisotopic (exact) mass is 374 g/mol. The molecule has 146 valence electrons. The van der Waals surface area contributed by atoms with Gasteiger partial charge in [-0.15, -0.1) is 5.10 Å². The van der Waals surface area contributed by atoms with E-state index in [1.807, 2.05) is 6.92 Å². The van der Waals surface area contributed by atoms with Crippen molar-refractivity contribution < 1.29 is 9.18 Å². The van der Waals surface area contributed by atoms with Crippen LogP contribution in [-0.2, 0) is 0 Å². The first-order chi connectivity index (χ1) is 13.1. The number of likely N-dealkylation sites (N-methyl/N-ethyl adjacent to an activating group) is 1. The van der Waals surface area contributed by atoms with E-state index in [1.54, 1.807) is 24.4 Å². The third-order valence-electron chi connectivity index (χ3n) is 5.12. The van der Waals surface area contributed by atoms with Crippen molar-refractivity contribution in [2.75, 3.05) is 45.8 Å². The van der Waals surface area contributed by atoms with Crippen LogP contribution in [0.1, 0.15) is 35.9 Å². The van der Waals surface area contributed by atoms with Crippen LogP contribution in [0.15, 0.2) is 30.5 Å². The third kappa shape index (κ3) is 4.90. The molecule has 3 rings (SSSR count). The Balaban J connectivity index is 1.49. The molecule has 1 aliphatic heterocycles. The summed E-state index contributed by atoms with van der Waals surface area (Å²) in [6.07, 6.45) is 1.56. The molecule has 1 aromatic heterocycles. The van der Waals surface area contributed by atoms with Crippen molar-refractivity contribution in [2.24, 2.45) is 0 Å². The second-order valence-corrected chi connectivity index (χ2v) is 6.81. The van der Waals surface area contributed by atoms with Gasteiger partial charge in [-0.05, 0) is 19.5 Å². The van der Waals surface area contributed by atoms with Crippen LogP contribution >= 0.6 is 0 Å². The lowest BCUT2D eigenvalue weighted by Gasteiger charge is -2.33. The van der Waals surface area contributed by atoms with Crippen molar-refractivity contribution in [1.82, 2.24) is 30.1 Å². The lowest BCUT2D eigenvalue weighted by molar-refractivity contribution is 0.0933. The third-order valence-corrected chi connectivity index (χ3v) is 5.12. The Bertz CT molecular complexity index is 756. The smallest absolute Gasteiger partial charge is 0.273 e. The second-order valence-electron chi connectivity index (χ2n) is 6.81. The number of rotatable bonds is 7. The Labute approximate surface area is 159 Å². The minimum atomic E-state index is -0.338. The molecule has 8 heteroatoms. The van der Waals surface area contributed by atoms with Crippen molar-refractivity contribution in [3.63, 3.8) is 0 Å². The van der Waals surface area contributed by atoms with Crippen LogP contribution in [0.25, 0.3) is 0 Å². The van der Waals surface area contributed by atoms with Crippen molar-refractivity contribution in [3.05, 3.63) is 47.5 Å². The summed E-state index contributed by atoms with van der Waals surface area (Å²) in [6.45, 7) is 10.7. The van der Waals surface area contributed by atoms with Crippen LogP contribution in [0.4, 0.5) is 4.39 Å². The molecule has 1 atom stereocenters. The first kappa shape index (κ1) is 19.4. The van der Waals surface area contributed by atoms with Crippen LogP contribution in [-0.4, -0.2) is 76.5 Å². The van der Waals surface area contributed by atoms with Crippen LogP contribution in [0.5, 0.6) is 0 Å². The number of carbonyl (C=O) groups is 1. The van der Waals surface area contributed by atoms with Gasteiger partial charge in [0, 0.05) is 44.8 Å². The highest BCUT2D eigenvalue weighted by Gasteiger charge is 2.18. The van der Waals surface area contributed by atoms with Gasteiger partial charge in [0.1, 0.15) is 5.82 Å². The molecular weight excluding hydrogens is 347 g/mol. The molecule has 1 saturated heterocycles. The fraction of sp³-hybridized carbons (Fsp3) is 0.526. The zero-order valence-electron chi connectivity index (χ0n) is 15.9. The molecule has 27 heavy (non-hydrogen) atoms. The van der Waals surface area contributed by atoms with E-state index in [2.05, 4.69) is 32.4 Å². The first-order valence-corrected chi connectivity index (χ1v) is 9.47. The maximum Gasteiger partial charge on any atom is 0.273 e. The van der Waals surface area contributed by atoms with Crippen LogP contribution in [0.2, 0.25) is 0 Å². The number of benzene rings is 1. The lowest BCUT2D eigenvalue weighted by atomic mass is 10.1. The highest BCUT2D eigenvalue weighted by molar-refractivity contribution is 5.91. The number of nitrogens with one attached hydrogen (secondary N) is 1. The number of carbonyl (C=O) groups excluding carboxylic acids is 1. The Morgan fingerprint density at radius 1 is 1.22 bits per heavy atom. The number of nitrogens with zero attached hydrogens (tertiary/aromatic N) is 5. The van der Waals surface area contributed by atoms with E-state index in [-0.39, 0.29) is 23.5 Å². The molecule has 0 unspecified atom stereocenters. The second kappa shape index (κ2) is 9.05. The van der Waals surface area contributed by atoms with Crippen molar-refractivity contribution >= 4 is 5.91 Å². The molecule has 1 N–H and O–H groups in total. The Morgan fingerprint density at radius 2 is 1.93 bits per heavy atom. The van der Waals surface area contributed by atoms with E-state index >= 15 is 0 Å². The normalized spacial score (nSPS) is 17.0. The molecular formula is C19H27FN6O. The summed E-state index contributed by atoms with van der Waals surface area (Å²) in [6, 6.07) is 6.21. The van der Waals surface area contributed by atoms with E-state index in [0.29, 0.717) is 12.1 Å². The van der Waals surface area contributed by atoms with Crippen molar-refractivity contribution in [1.29, 1.82) is 0 Å². The summed E-state index contributed by atoms with van der Waals surface area (Å²) in [5.74, 6) is -0.552. The molecule has 1 aromatic carbocycles. The zero-order chi connectivity index (χ0) is 19.2. The van der Waals surface area contributed by atoms with Crippen LogP contribution in [0, 0.1) is 5.82 Å². The number of hydrogen-bond donors (Lipinski definition) is 1. The Hall–Kier alpha value is -2.32. The maximum absolute atomic E-state index is 13.9. The molecule has 2 aromatic rings. The molecule has 2 heterocycles. The van der Waals surface area contributed by atoms with E-state index < -0.39 is 0 Å². The van der Waals surface area contributed by atoms with E-state index in [9.17, 15) is 9.18 Å². The molecule has 1 fully saturated rings. The van der Waals surface area contributed by atoms with Gasteiger partial charge < -0.3 is 10.2 Å². The lowest BCUT2D eigenvalue weighted by Crippen LogP contribution is -2.48. The van der Waals surface area contributed by atoms with Crippen LogP contribution < -0.4 is 5.32 Å². The van der Waals surface area contributed by atoms with Gasteiger partial charge in [0.15, 0.2) is 5.69 Å². The predicted molar refractivity (Wildman–Crippen MR) is 101 cm³/mol. The largest absolute Gasteiger partial charge is 0.349 e. The maximum atomic E-state index is 13.9. The SMILES string of the molecule is CCN1CCN(CCNC(=O)c2cn([C@@H](C)c3ccccc3F)nn2)CC1. The molecule has 0 radical (unpaired) electrons. The van der Waals surface area contributed by atoms with Crippen LogP contribution in [0.3, 0.4) is 0 Å². The van der Waals surface area contributed by atoms with E-state index in [4.69, 9.17) is 0 Å². The Kier molecular flexibility index (Phi) is 6.52. The number of halogens is 1. The summed E-state index contributed by atoms with van der Waals surface area (Å²) in [5.41, 5.74) is 0.759. The van der Waals surface area contributed by atoms with Crippen molar-refractivity contribution in [2.45, 2.75) is 19.9 Å². The minimum Gasteiger partial charge on any atom is -0.349 e. The average molecular weight is 374 g/mol. The molecule has 0 saturated carbocycles. The molecule has 7 nitrogen and oxygen atoms in total. The number of amides is 1. The summed E-state index contributed by atoms with van der Waals surface area (Å²) in [4.78, 5) is 17.1. The molecule has 0 spiro atoms. The highest BCUT2D eigenvalue weighted by Crippen LogP contribution is 2.19. The van der Waals surface area contributed by atoms with Gasteiger partial charge in [-0.25, -0.2) is 9.07 Å². The fourth-order valence-electron chi connectivity index (χ4n) is 3.27. The summed E-state index contributed by atoms with van der Waals surface area (Å²) in [5, 5.41) is 10.8. The van der Waals surface area contributed by atoms with Gasteiger partial charge in [-0.2, -0.15) is 0 Å². The summed E-state index contributed by atoms with van der Waals surface area (Å²) < 4.78 is 15.4. The number of hydrogen-bond acceptors (Lipinski definition) is 5. The Morgan fingerprint density at radius 3 is 2.63 bits per heavy atom. The molecule has 1 amide bonds. The van der Waals surface area contributed by atoms with Gasteiger partial charge in [0.25, 0.3) is 5.91 Å². The standard InChI is InChI=1S/C19H27FN6O/c1-3-24-10-12-25(13-11-24)9-8-21-19(27)18-14-26(23-22-18)15(2)16-6-4-5-7-17(16)20/h4-7,14-15H,3,8-13H2,1-2H3,(H,21,27)/t15-/m0/s1. The predicted octanol–water partition coefficient (Wildman–Crippen LogP) is 1.39. The van der Waals surface area contributed by atoms with E-state index in [0.717, 1.165) is 39.3 Å². The topological polar surface area (TPSA) is 66.3 Å². The number of aromatic nitrogens is 3. The fourth-order valence-corrected chi connectivity index (χ4v) is 3.27. The van der Waals surface area contributed by atoms with Gasteiger partial charge in [-0.3, -0.25) is 9.69 Å². The molecule has 0 aliphatic carbocycles. The van der Waals surface area contributed by atoms with Gasteiger partial charge in [0.05, 0.1) is 12.2 Å². The van der Waals surface area contributed by atoms with Gasteiger partial charge in [-0.1, -0.05) is 30.3 Å². The molecule has 1 aliphatic rings. The minimum absolute atomic E-state index is 0.244. The average Bonchev–Trinajstić information content (AvgIpc) is 3.19. The molecule has 0 bridgehead atoms. The number of piperazine rings is 1. The van der Waals surface area contributed by atoms with Crippen molar-refractivity contribution in [3.8, 4) is 0 Å².